The number of hydrogen-bond acceptors (Lipinski definition) is 9. The van der Waals surface area contributed by atoms with Crippen molar-refractivity contribution in [2.24, 2.45) is 4.40 Å². The number of benzene rings is 1. The molecule has 0 amide bonds. The zero-order valence-corrected chi connectivity index (χ0v) is 17.5. The van der Waals surface area contributed by atoms with Crippen molar-refractivity contribution in [1.29, 1.82) is 0 Å². The molecular formula is C15H19N5O7S2. The molecule has 0 aliphatic heterocycles. The van der Waals surface area contributed by atoms with Crippen LogP contribution < -0.4 is 15.5 Å². The number of guanidine groups is 1. The first-order valence-electron chi connectivity index (χ1n) is 7.83. The molecule has 0 bridgehead atoms. The molecule has 1 aromatic carbocycles. The van der Waals surface area contributed by atoms with E-state index in [2.05, 4.69) is 29.3 Å². The normalized spacial score (nSPS) is 12.5. The van der Waals surface area contributed by atoms with E-state index in [9.17, 15) is 16.8 Å². The molecule has 1 aromatic heterocycles. The van der Waals surface area contributed by atoms with E-state index in [1.165, 1.54) is 26.4 Å². The Bertz CT molecular complexity index is 1120. The average Bonchev–Trinajstić information content (AvgIpc) is 2.67. The standard InChI is InChI=1S/C15H19N5O7S2/c1-10-9-13(25-2)17-14(16-10)18-15(19-26-3)20-28(21,22)11-7-5-6-8-12(11)29(23,24)27-4/h5-9H,1-4H3,(H2,16,17,18,19,20). The van der Waals surface area contributed by atoms with Gasteiger partial charge in [0.1, 0.15) is 9.79 Å². The summed E-state index contributed by atoms with van der Waals surface area (Å²) in [4.78, 5) is 11.7. The van der Waals surface area contributed by atoms with Gasteiger partial charge in [-0.25, -0.2) is 10.5 Å². The second-order valence-electron chi connectivity index (χ2n) is 5.29. The maximum absolute atomic E-state index is 12.8. The lowest BCUT2D eigenvalue weighted by atomic mass is 10.4. The van der Waals surface area contributed by atoms with Crippen molar-refractivity contribution in [1.82, 2.24) is 15.4 Å². The number of anilines is 1. The molecule has 0 aliphatic rings. The molecule has 158 valence electrons. The summed E-state index contributed by atoms with van der Waals surface area (Å²) in [7, 11) is -5.25. The fourth-order valence-corrected chi connectivity index (χ4v) is 4.45. The van der Waals surface area contributed by atoms with Gasteiger partial charge in [0.2, 0.25) is 17.8 Å². The number of hydrogen-bond donors (Lipinski definition) is 2. The third-order valence-corrected chi connectivity index (χ3v) is 6.09. The summed E-state index contributed by atoms with van der Waals surface area (Å²) in [5.74, 6) is -0.209. The van der Waals surface area contributed by atoms with Gasteiger partial charge in [0, 0.05) is 11.8 Å². The van der Waals surface area contributed by atoms with Crippen LogP contribution in [0.2, 0.25) is 0 Å². The largest absolute Gasteiger partial charge is 0.481 e. The molecule has 0 atom stereocenters. The molecule has 29 heavy (non-hydrogen) atoms. The lowest BCUT2D eigenvalue weighted by molar-refractivity contribution is 0.144. The minimum atomic E-state index is -4.51. The first-order chi connectivity index (χ1) is 13.6. The Kier molecular flexibility index (Phi) is 7.07. The van der Waals surface area contributed by atoms with Crippen LogP contribution in [0, 0.1) is 6.92 Å². The number of nitrogens with zero attached hydrogens (tertiary/aromatic N) is 3. The van der Waals surface area contributed by atoms with Crippen LogP contribution >= 0.6 is 0 Å². The minimum Gasteiger partial charge on any atom is -0.481 e. The summed E-state index contributed by atoms with van der Waals surface area (Å²) in [6, 6.07) is 6.44. The molecular weight excluding hydrogens is 426 g/mol. The summed E-state index contributed by atoms with van der Waals surface area (Å²) in [6.07, 6.45) is 0. The van der Waals surface area contributed by atoms with Crippen LogP contribution in [0.25, 0.3) is 0 Å². The van der Waals surface area contributed by atoms with Gasteiger partial charge in [-0.05, 0) is 19.1 Å². The predicted molar refractivity (Wildman–Crippen MR) is 102 cm³/mol. The molecule has 0 saturated heterocycles. The molecule has 0 unspecified atom stereocenters. The van der Waals surface area contributed by atoms with Crippen LogP contribution in [0.15, 0.2) is 44.5 Å². The summed E-state index contributed by atoms with van der Waals surface area (Å²) >= 11 is 0. The molecule has 2 rings (SSSR count). The van der Waals surface area contributed by atoms with E-state index in [1.54, 1.807) is 13.0 Å². The zero-order chi connectivity index (χ0) is 21.7. The first-order valence-corrected chi connectivity index (χ1v) is 10.7. The molecule has 2 N–H and O–H groups in total. The summed E-state index contributed by atoms with van der Waals surface area (Å²) < 4.78 is 62.7. The van der Waals surface area contributed by atoms with Gasteiger partial charge in [0.15, 0.2) is 0 Å². The molecule has 12 nitrogen and oxygen atoms in total. The van der Waals surface area contributed by atoms with Crippen molar-refractivity contribution in [3.8, 4) is 5.88 Å². The van der Waals surface area contributed by atoms with Crippen molar-refractivity contribution in [3.05, 3.63) is 36.0 Å². The molecule has 0 spiro atoms. The number of ether oxygens (including phenoxy) is 1. The molecule has 0 fully saturated rings. The topological polar surface area (TPSA) is 158 Å². The van der Waals surface area contributed by atoms with Crippen molar-refractivity contribution in [3.63, 3.8) is 0 Å². The van der Waals surface area contributed by atoms with Crippen molar-refractivity contribution in [2.75, 3.05) is 26.6 Å². The van der Waals surface area contributed by atoms with Crippen LogP contribution in [0.3, 0.4) is 0 Å². The van der Waals surface area contributed by atoms with Crippen LogP contribution in [-0.2, 0) is 29.2 Å². The molecule has 0 saturated carbocycles. The van der Waals surface area contributed by atoms with Gasteiger partial charge in [-0.3, -0.25) is 14.3 Å². The van der Waals surface area contributed by atoms with E-state index in [4.69, 9.17) is 9.57 Å². The lowest BCUT2D eigenvalue weighted by Gasteiger charge is -2.12. The monoisotopic (exact) mass is 445 g/mol. The van der Waals surface area contributed by atoms with E-state index in [1.807, 2.05) is 0 Å². The maximum atomic E-state index is 12.8. The highest BCUT2D eigenvalue weighted by Crippen LogP contribution is 2.24. The summed E-state index contributed by atoms with van der Waals surface area (Å²) in [5, 5.41) is 2.55. The Morgan fingerprint density at radius 1 is 1.03 bits per heavy atom. The fourth-order valence-electron chi connectivity index (χ4n) is 2.10. The van der Waals surface area contributed by atoms with Crippen molar-refractivity contribution < 1.29 is 30.6 Å². The third-order valence-electron chi connectivity index (χ3n) is 3.30. The molecule has 1 heterocycles. The molecule has 0 aliphatic carbocycles. The predicted octanol–water partition coefficient (Wildman–Crippen LogP) is 0.437. The Morgan fingerprint density at radius 3 is 2.28 bits per heavy atom. The fraction of sp³-hybridized carbons (Fsp3) is 0.267. The number of aryl methyl sites for hydroxylation is 1. The Labute approximate surface area is 168 Å². The number of methoxy groups -OCH3 is 1. The van der Waals surface area contributed by atoms with Crippen LogP contribution in [0.4, 0.5) is 5.95 Å². The van der Waals surface area contributed by atoms with Crippen LogP contribution in [0.1, 0.15) is 5.69 Å². The molecule has 0 radical (unpaired) electrons. The van der Waals surface area contributed by atoms with Crippen LogP contribution in [-0.4, -0.2) is 54.1 Å². The van der Waals surface area contributed by atoms with Gasteiger partial charge in [-0.1, -0.05) is 12.1 Å². The first kappa shape index (κ1) is 22.5. The quantitative estimate of drug-likeness (QED) is 0.263. The van der Waals surface area contributed by atoms with Gasteiger partial charge in [0.25, 0.3) is 20.1 Å². The number of nitrogens with one attached hydrogen (secondary N) is 2. The molecule has 2 aromatic rings. The van der Waals surface area contributed by atoms with Gasteiger partial charge in [0.05, 0.1) is 21.3 Å². The number of hydroxylamine groups is 1. The van der Waals surface area contributed by atoms with E-state index in [-0.39, 0.29) is 11.8 Å². The smallest absolute Gasteiger partial charge is 0.298 e. The second kappa shape index (κ2) is 9.13. The maximum Gasteiger partial charge on any atom is 0.298 e. The van der Waals surface area contributed by atoms with Gasteiger partial charge < -0.3 is 4.74 Å². The summed E-state index contributed by atoms with van der Waals surface area (Å²) in [5.41, 5.74) is 2.78. The Balaban J connectivity index is 2.52. The lowest BCUT2D eigenvalue weighted by Crippen LogP contribution is -2.32. The van der Waals surface area contributed by atoms with E-state index in [0.29, 0.717) is 5.69 Å². The van der Waals surface area contributed by atoms with Crippen molar-refractivity contribution in [2.45, 2.75) is 16.7 Å². The third kappa shape index (κ3) is 5.60. The second-order valence-corrected chi connectivity index (χ2v) is 8.54. The van der Waals surface area contributed by atoms with Crippen molar-refractivity contribution >= 4 is 32.0 Å². The molecule has 14 heteroatoms. The van der Waals surface area contributed by atoms with Crippen LogP contribution in [0.5, 0.6) is 5.88 Å². The highest BCUT2D eigenvalue weighted by molar-refractivity contribution is 7.92. The van der Waals surface area contributed by atoms with E-state index >= 15 is 0 Å². The van der Waals surface area contributed by atoms with Gasteiger partial charge >= 0.3 is 0 Å². The summed E-state index contributed by atoms with van der Waals surface area (Å²) in [6.45, 7) is 1.68. The van der Waals surface area contributed by atoms with E-state index < -0.39 is 35.9 Å². The number of rotatable bonds is 7. The average molecular weight is 445 g/mol. The number of sulfonamides is 1. The minimum absolute atomic E-state index is 0.0295. The van der Waals surface area contributed by atoms with Gasteiger partial charge in [-0.2, -0.15) is 21.8 Å². The van der Waals surface area contributed by atoms with Gasteiger partial charge in [-0.15, -0.1) is 4.40 Å². The van der Waals surface area contributed by atoms with E-state index in [0.717, 1.165) is 19.2 Å². The SMILES string of the molecule is CONC(=NS(=O)(=O)c1ccccc1S(=O)(=O)OC)Nc1nc(C)cc(OC)n1. The Hall–Kier alpha value is -2.81. The number of aromatic nitrogens is 2. The highest BCUT2D eigenvalue weighted by Gasteiger charge is 2.26. The Morgan fingerprint density at radius 2 is 1.69 bits per heavy atom. The zero-order valence-electron chi connectivity index (χ0n) is 15.9. The highest BCUT2D eigenvalue weighted by atomic mass is 32.2.